The summed E-state index contributed by atoms with van der Waals surface area (Å²) < 4.78 is 0.433. The molecule has 0 radical (unpaired) electrons. The first-order chi connectivity index (χ1) is 14.5. The fourth-order valence-electron chi connectivity index (χ4n) is 2.81. The fraction of sp³-hybridized carbons (Fsp3) is 0.0800. The Morgan fingerprint density at radius 2 is 1.33 bits per heavy atom. The van der Waals surface area contributed by atoms with Crippen molar-refractivity contribution in [3.63, 3.8) is 0 Å². The summed E-state index contributed by atoms with van der Waals surface area (Å²) in [5.41, 5.74) is 2.12. The molecule has 3 aromatic carbocycles. The molecule has 0 saturated carbocycles. The Labute approximate surface area is 186 Å². The second kappa shape index (κ2) is 10.7. The maximum Gasteiger partial charge on any atom is 0.199 e. The summed E-state index contributed by atoms with van der Waals surface area (Å²) in [6.07, 6.45) is 1.37. The van der Waals surface area contributed by atoms with Gasteiger partial charge in [-0.05, 0) is 12.5 Å². The van der Waals surface area contributed by atoms with Crippen molar-refractivity contribution in [3.8, 4) is 0 Å². The van der Waals surface area contributed by atoms with E-state index in [1.165, 1.54) is 6.08 Å². The van der Waals surface area contributed by atoms with Crippen molar-refractivity contribution < 1.29 is 9.59 Å². The molecule has 1 unspecified atom stereocenters. The number of carbonyl (C=O) groups excluding carboxylic acids is 2. The minimum absolute atomic E-state index is 0.0240. The van der Waals surface area contributed by atoms with Crippen molar-refractivity contribution in [3.05, 3.63) is 119 Å². The van der Waals surface area contributed by atoms with Crippen molar-refractivity contribution >= 4 is 39.9 Å². The zero-order chi connectivity index (χ0) is 21.3. The van der Waals surface area contributed by atoms with Crippen LogP contribution in [0.25, 0.3) is 0 Å². The van der Waals surface area contributed by atoms with Gasteiger partial charge in [0, 0.05) is 23.2 Å². The monoisotopic (exact) mass is 431 g/mol. The second-order valence-corrected chi connectivity index (χ2v) is 8.32. The summed E-state index contributed by atoms with van der Waals surface area (Å²) in [4.78, 5) is 26.1. The van der Waals surface area contributed by atoms with E-state index in [0.29, 0.717) is 15.4 Å². The Kier molecular flexibility index (Phi) is 7.71. The van der Waals surface area contributed by atoms with Crippen LogP contribution in [-0.2, 0) is 0 Å². The molecule has 1 N–H and O–H groups in total. The molecule has 0 aliphatic heterocycles. The first-order valence-electron chi connectivity index (χ1n) is 9.48. The maximum absolute atomic E-state index is 13.1. The number of carbonyl (C=O) groups is 2. The van der Waals surface area contributed by atoms with E-state index < -0.39 is 0 Å². The Morgan fingerprint density at radius 1 is 0.833 bits per heavy atom. The molecule has 5 heteroatoms. The lowest BCUT2D eigenvalue weighted by Crippen LogP contribution is -2.23. The Morgan fingerprint density at radius 3 is 1.90 bits per heavy atom. The number of ketones is 2. The predicted octanol–water partition coefficient (Wildman–Crippen LogP) is 6.01. The number of benzene rings is 3. The number of thiocarbonyl (C=S) groups is 1. The maximum atomic E-state index is 13.1. The molecule has 3 nitrogen and oxygen atoms in total. The van der Waals surface area contributed by atoms with Crippen LogP contribution in [0, 0.1) is 0 Å². The molecule has 3 rings (SSSR count). The summed E-state index contributed by atoms with van der Waals surface area (Å²) in [6.45, 7) is 2.00. The van der Waals surface area contributed by atoms with Crippen molar-refractivity contribution in [1.82, 2.24) is 5.32 Å². The average Bonchev–Trinajstić information content (AvgIpc) is 2.79. The fourth-order valence-corrected chi connectivity index (χ4v) is 4.07. The number of allylic oxidation sites excluding steroid dienone is 2. The van der Waals surface area contributed by atoms with E-state index in [9.17, 15) is 9.59 Å². The van der Waals surface area contributed by atoms with Crippen molar-refractivity contribution in [2.24, 2.45) is 0 Å². The average molecular weight is 432 g/mol. The van der Waals surface area contributed by atoms with Gasteiger partial charge in [0.2, 0.25) is 0 Å². The van der Waals surface area contributed by atoms with E-state index >= 15 is 0 Å². The molecule has 0 aromatic heterocycles. The summed E-state index contributed by atoms with van der Waals surface area (Å²) in [5, 5.41) is 3.24. The zero-order valence-electron chi connectivity index (χ0n) is 16.4. The van der Waals surface area contributed by atoms with E-state index in [0.717, 1.165) is 17.3 Å². The standard InChI is InChI=1S/C25H21NO2S2/c1-18(19-11-5-2-6-12-19)26-25(29)30-23(24(28)21-15-9-4-10-16-21)17-22(27)20-13-7-3-8-14-20/h2-18H,1H3,(H,26,29)/b23-17+. The van der Waals surface area contributed by atoms with Crippen LogP contribution in [0.1, 0.15) is 39.2 Å². The van der Waals surface area contributed by atoms with Gasteiger partial charge in [-0.15, -0.1) is 0 Å². The highest BCUT2D eigenvalue weighted by molar-refractivity contribution is 8.26. The molecular formula is C25H21NO2S2. The van der Waals surface area contributed by atoms with Crippen molar-refractivity contribution in [2.45, 2.75) is 13.0 Å². The van der Waals surface area contributed by atoms with Crippen LogP contribution in [0.5, 0.6) is 0 Å². The molecule has 0 aliphatic rings. The molecule has 0 fully saturated rings. The van der Waals surface area contributed by atoms with Gasteiger partial charge in [-0.3, -0.25) is 9.59 Å². The Hall–Kier alpha value is -3.02. The molecule has 0 aliphatic carbocycles. The minimum Gasteiger partial charge on any atom is -0.364 e. The van der Waals surface area contributed by atoms with E-state index in [1.807, 2.05) is 49.4 Å². The molecule has 3 aromatic rings. The van der Waals surface area contributed by atoms with Crippen LogP contribution in [0.2, 0.25) is 0 Å². The van der Waals surface area contributed by atoms with Gasteiger partial charge in [0.1, 0.15) is 4.32 Å². The quantitative estimate of drug-likeness (QED) is 0.282. The molecule has 1 atom stereocenters. The summed E-state index contributed by atoms with van der Waals surface area (Å²) in [7, 11) is 0. The normalized spacial score (nSPS) is 12.1. The highest BCUT2D eigenvalue weighted by atomic mass is 32.2. The highest BCUT2D eigenvalue weighted by Crippen LogP contribution is 2.24. The van der Waals surface area contributed by atoms with Gasteiger partial charge in [0.25, 0.3) is 0 Å². The van der Waals surface area contributed by atoms with Crippen molar-refractivity contribution in [1.29, 1.82) is 0 Å². The number of hydrogen-bond donors (Lipinski definition) is 1. The van der Waals surface area contributed by atoms with Gasteiger partial charge in [0.15, 0.2) is 11.6 Å². The van der Waals surface area contributed by atoms with E-state index in [-0.39, 0.29) is 22.5 Å². The zero-order valence-corrected chi connectivity index (χ0v) is 18.1. The topological polar surface area (TPSA) is 46.2 Å². The summed E-state index contributed by atoms with van der Waals surface area (Å²) in [6, 6.07) is 27.6. The lowest BCUT2D eigenvalue weighted by Gasteiger charge is -2.16. The minimum atomic E-state index is -0.235. The number of thioether (sulfide) groups is 1. The van der Waals surface area contributed by atoms with E-state index in [1.54, 1.807) is 48.5 Å². The van der Waals surface area contributed by atoms with Crippen LogP contribution in [0.4, 0.5) is 0 Å². The number of Topliss-reactive ketones (excluding diaryl/α,β-unsaturated/α-hetero) is 1. The lowest BCUT2D eigenvalue weighted by molar-refractivity contribution is 0.101. The smallest absolute Gasteiger partial charge is 0.199 e. The molecular weight excluding hydrogens is 410 g/mol. The van der Waals surface area contributed by atoms with Gasteiger partial charge in [-0.25, -0.2) is 0 Å². The van der Waals surface area contributed by atoms with Gasteiger partial charge in [0.05, 0.1) is 4.91 Å². The third kappa shape index (κ3) is 5.99. The molecule has 0 spiro atoms. The molecule has 0 heterocycles. The Bertz CT molecular complexity index is 1050. The van der Waals surface area contributed by atoms with Crippen LogP contribution >= 0.6 is 24.0 Å². The highest BCUT2D eigenvalue weighted by Gasteiger charge is 2.18. The van der Waals surface area contributed by atoms with Gasteiger partial charge in [-0.2, -0.15) is 0 Å². The van der Waals surface area contributed by atoms with E-state index in [4.69, 9.17) is 12.2 Å². The molecule has 0 saturated heterocycles. The van der Waals surface area contributed by atoms with Crippen molar-refractivity contribution in [2.75, 3.05) is 0 Å². The molecule has 150 valence electrons. The number of rotatable bonds is 7. The molecule has 0 bridgehead atoms. The lowest BCUT2D eigenvalue weighted by atomic mass is 10.1. The summed E-state index contributed by atoms with van der Waals surface area (Å²) in [5.74, 6) is -0.470. The van der Waals surface area contributed by atoms with Crippen LogP contribution < -0.4 is 5.32 Å². The van der Waals surface area contributed by atoms with Crippen LogP contribution in [0.15, 0.2) is 102 Å². The SMILES string of the molecule is CC(NC(=S)S/C(=C/C(=O)c1ccccc1)C(=O)c1ccccc1)c1ccccc1. The largest absolute Gasteiger partial charge is 0.364 e. The van der Waals surface area contributed by atoms with Gasteiger partial charge in [-0.1, -0.05) is 115 Å². The molecule has 0 amide bonds. The first-order valence-corrected chi connectivity index (χ1v) is 10.7. The van der Waals surface area contributed by atoms with Crippen LogP contribution in [0.3, 0.4) is 0 Å². The molecule has 30 heavy (non-hydrogen) atoms. The van der Waals surface area contributed by atoms with Gasteiger partial charge >= 0.3 is 0 Å². The number of hydrogen-bond acceptors (Lipinski definition) is 4. The third-order valence-electron chi connectivity index (χ3n) is 4.42. The third-order valence-corrected chi connectivity index (χ3v) is 5.61. The Balaban J connectivity index is 1.82. The van der Waals surface area contributed by atoms with E-state index in [2.05, 4.69) is 5.32 Å². The van der Waals surface area contributed by atoms with Crippen LogP contribution in [-0.4, -0.2) is 15.9 Å². The van der Waals surface area contributed by atoms with Gasteiger partial charge < -0.3 is 5.32 Å². The number of nitrogens with one attached hydrogen (secondary N) is 1. The first kappa shape index (κ1) is 21.7. The summed E-state index contributed by atoms with van der Waals surface area (Å²) >= 11 is 6.60. The predicted molar refractivity (Wildman–Crippen MR) is 128 cm³/mol. The second-order valence-electron chi connectivity index (χ2n) is 6.60.